The van der Waals surface area contributed by atoms with E-state index in [2.05, 4.69) is 31.5 Å². The molecule has 0 aromatic carbocycles. The topological polar surface area (TPSA) is 75.4 Å². The van der Waals surface area contributed by atoms with Crippen LogP contribution in [-0.4, -0.2) is 45.1 Å². The Labute approximate surface area is 70.9 Å². The Hall–Kier alpha value is -0.980. The number of rotatable bonds is 4. The first-order chi connectivity index (χ1) is 5.74. The van der Waals surface area contributed by atoms with Gasteiger partial charge in [-0.25, -0.2) is 10.3 Å². The molecule has 12 heavy (non-hydrogen) atoms. The predicted octanol–water partition coefficient (Wildman–Crippen LogP) is -0.841. The van der Waals surface area contributed by atoms with Crippen LogP contribution in [0.4, 0.5) is 0 Å². The SMILES string of the molecule is C=N/C(=N\C(O)NCOC)OC. The van der Waals surface area contributed by atoms with E-state index in [1.54, 1.807) is 0 Å². The zero-order valence-electron chi connectivity index (χ0n) is 7.15. The predicted molar refractivity (Wildman–Crippen MR) is 45.0 cm³/mol. The van der Waals surface area contributed by atoms with Crippen LogP contribution in [0.3, 0.4) is 0 Å². The standard InChI is InChI=1S/C6H13N3O3/c1-7-6(12-3)9-5(10)8-4-11-2/h5,8,10H,1,4H2,2-3H3/b9-6+. The summed E-state index contributed by atoms with van der Waals surface area (Å²) in [6.07, 6.45) is -1.09. The van der Waals surface area contributed by atoms with Gasteiger partial charge in [-0.2, -0.15) is 4.99 Å². The van der Waals surface area contributed by atoms with Crippen molar-refractivity contribution in [3.8, 4) is 0 Å². The van der Waals surface area contributed by atoms with Crippen LogP contribution in [0, 0.1) is 0 Å². The Bertz CT molecular complexity index is 160. The Morgan fingerprint density at radius 2 is 2.33 bits per heavy atom. The molecular weight excluding hydrogens is 162 g/mol. The van der Waals surface area contributed by atoms with Gasteiger partial charge in [0, 0.05) is 7.11 Å². The third-order valence-corrected chi connectivity index (χ3v) is 0.961. The maximum absolute atomic E-state index is 9.07. The average molecular weight is 175 g/mol. The fraction of sp³-hybridized carbons (Fsp3) is 0.667. The zero-order valence-corrected chi connectivity index (χ0v) is 7.15. The van der Waals surface area contributed by atoms with E-state index in [1.165, 1.54) is 14.2 Å². The largest absolute Gasteiger partial charge is 0.467 e. The van der Waals surface area contributed by atoms with E-state index in [0.717, 1.165) is 0 Å². The lowest BCUT2D eigenvalue weighted by molar-refractivity contribution is 0.0803. The van der Waals surface area contributed by atoms with Crippen LogP contribution >= 0.6 is 0 Å². The van der Waals surface area contributed by atoms with E-state index < -0.39 is 6.35 Å². The molecule has 70 valence electrons. The molecule has 0 aliphatic carbocycles. The second-order valence-electron chi connectivity index (χ2n) is 1.78. The van der Waals surface area contributed by atoms with E-state index in [9.17, 15) is 0 Å². The van der Waals surface area contributed by atoms with Crippen LogP contribution in [0.25, 0.3) is 0 Å². The molecule has 0 aliphatic rings. The summed E-state index contributed by atoms with van der Waals surface area (Å²) < 4.78 is 9.26. The van der Waals surface area contributed by atoms with Crippen LogP contribution in [0.2, 0.25) is 0 Å². The molecule has 0 heterocycles. The quantitative estimate of drug-likeness (QED) is 0.332. The minimum Gasteiger partial charge on any atom is -0.467 e. The smallest absolute Gasteiger partial charge is 0.314 e. The lowest BCUT2D eigenvalue weighted by atomic mass is 10.9. The zero-order chi connectivity index (χ0) is 9.40. The maximum Gasteiger partial charge on any atom is 0.314 e. The fourth-order valence-electron chi connectivity index (χ4n) is 0.466. The molecule has 0 saturated carbocycles. The second-order valence-corrected chi connectivity index (χ2v) is 1.78. The monoisotopic (exact) mass is 175 g/mol. The highest BCUT2D eigenvalue weighted by Gasteiger charge is 2.00. The number of aliphatic hydroxyl groups is 1. The van der Waals surface area contributed by atoms with Crippen molar-refractivity contribution in [2.45, 2.75) is 6.35 Å². The number of nitrogens with one attached hydrogen (secondary N) is 1. The Morgan fingerprint density at radius 1 is 1.67 bits per heavy atom. The van der Waals surface area contributed by atoms with Gasteiger partial charge in [0.15, 0.2) is 0 Å². The highest BCUT2D eigenvalue weighted by atomic mass is 16.5. The number of hydrogen-bond acceptors (Lipinski definition) is 5. The van der Waals surface area contributed by atoms with Gasteiger partial charge in [0.1, 0.15) is 0 Å². The number of hydrogen-bond donors (Lipinski definition) is 2. The molecule has 0 spiro atoms. The number of nitrogens with zero attached hydrogens (tertiary/aromatic N) is 2. The van der Waals surface area contributed by atoms with E-state index >= 15 is 0 Å². The summed E-state index contributed by atoms with van der Waals surface area (Å²) >= 11 is 0. The highest BCUT2D eigenvalue weighted by molar-refractivity contribution is 5.78. The van der Waals surface area contributed by atoms with E-state index in [4.69, 9.17) is 5.11 Å². The van der Waals surface area contributed by atoms with E-state index in [0.29, 0.717) is 0 Å². The van der Waals surface area contributed by atoms with Gasteiger partial charge in [-0.15, -0.1) is 0 Å². The van der Waals surface area contributed by atoms with Gasteiger partial charge in [0.2, 0.25) is 6.35 Å². The number of aliphatic hydroxyl groups excluding tert-OH is 1. The number of aliphatic imine (C=N–C) groups is 2. The average Bonchev–Trinajstić information content (AvgIpc) is 2.10. The minimum absolute atomic E-state index is 0.0195. The van der Waals surface area contributed by atoms with Gasteiger partial charge < -0.3 is 14.6 Å². The Balaban J connectivity index is 3.84. The van der Waals surface area contributed by atoms with Crippen LogP contribution in [0.15, 0.2) is 9.98 Å². The molecule has 0 amide bonds. The van der Waals surface area contributed by atoms with Crippen LogP contribution in [-0.2, 0) is 9.47 Å². The second kappa shape index (κ2) is 6.71. The molecule has 0 saturated heterocycles. The van der Waals surface area contributed by atoms with Crippen molar-refractivity contribution >= 4 is 12.7 Å². The summed E-state index contributed by atoms with van der Waals surface area (Å²) in [5.41, 5.74) is 0. The van der Waals surface area contributed by atoms with Crippen LogP contribution in [0.5, 0.6) is 0 Å². The van der Waals surface area contributed by atoms with Crippen molar-refractivity contribution in [3.05, 3.63) is 0 Å². The summed E-state index contributed by atoms with van der Waals surface area (Å²) in [5.74, 6) is 0. The van der Waals surface area contributed by atoms with Crippen molar-refractivity contribution in [1.82, 2.24) is 5.32 Å². The van der Waals surface area contributed by atoms with Crippen LogP contribution in [0.1, 0.15) is 0 Å². The first-order valence-electron chi connectivity index (χ1n) is 3.23. The van der Waals surface area contributed by atoms with Gasteiger partial charge in [-0.05, 0) is 6.72 Å². The molecule has 0 aromatic heterocycles. The normalized spacial score (nSPS) is 14.1. The summed E-state index contributed by atoms with van der Waals surface area (Å²) in [7, 11) is 2.88. The van der Waals surface area contributed by atoms with Gasteiger partial charge in [0.25, 0.3) is 0 Å². The van der Waals surface area contributed by atoms with Crippen molar-refractivity contribution in [1.29, 1.82) is 0 Å². The molecule has 0 aliphatic heterocycles. The number of methoxy groups -OCH3 is 2. The molecule has 0 fully saturated rings. The lowest BCUT2D eigenvalue weighted by Gasteiger charge is -2.07. The highest BCUT2D eigenvalue weighted by Crippen LogP contribution is 1.85. The Kier molecular flexibility index (Phi) is 6.16. The lowest BCUT2D eigenvalue weighted by Crippen LogP contribution is -2.29. The minimum atomic E-state index is -1.09. The van der Waals surface area contributed by atoms with Crippen molar-refractivity contribution in [2.24, 2.45) is 9.98 Å². The molecule has 1 atom stereocenters. The van der Waals surface area contributed by atoms with Crippen LogP contribution < -0.4 is 5.32 Å². The molecule has 0 bridgehead atoms. The third kappa shape index (κ3) is 4.78. The summed E-state index contributed by atoms with van der Waals surface area (Å²) in [6, 6.07) is 0.0195. The third-order valence-electron chi connectivity index (χ3n) is 0.961. The van der Waals surface area contributed by atoms with Crippen molar-refractivity contribution < 1.29 is 14.6 Å². The first-order valence-corrected chi connectivity index (χ1v) is 3.23. The molecule has 6 heteroatoms. The number of amidine groups is 1. The van der Waals surface area contributed by atoms with Crippen molar-refractivity contribution in [3.63, 3.8) is 0 Å². The molecule has 2 N–H and O–H groups in total. The summed E-state index contributed by atoms with van der Waals surface area (Å²) in [5, 5.41) is 11.6. The van der Waals surface area contributed by atoms with Gasteiger partial charge in [-0.3, -0.25) is 0 Å². The van der Waals surface area contributed by atoms with E-state index in [1.807, 2.05) is 0 Å². The molecule has 6 nitrogen and oxygen atoms in total. The molecular formula is C6H13N3O3. The first kappa shape index (κ1) is 11.0. The summed E-state index contributed by atoms with van der Waals surface area (Å²) in [6.45, 7) is 3.38. The molecule has 0 rings (SSSR count). The molecule has 0 aromatic rings. The van der Waals surface area contributed by atoms with E-state index in [-0.39, 0.29) is 12.8 Å². The molecule has 0 radical (unpaired) electrons. The molecule has 1 unspecified atom stereocenters. The van der Waals surface area contributed by atoms with Gasteiger partial charge >= 0.3 is 6.02 Å². The number of ether oxygens (including phenoxy) is 2. The summed E-state index contributed by atoms with van der Waals surface area (Å²) in [4.78, 5) is 6.97. The maximum atomic E-state index is 9.07. The fourth-order valence-corrected chi connectivity index (χ4v) is 0.466. The van der Waals surface area contributed by atoms with Crippen molar-refractivity contribution in [2.75, 3.05) is 21.0 Å². The van der Waals surface area contributed by atoms with Gasteiger partial charge in [-0.1, -0.05) is 0 Å². The van der Waals surface area contributed by atoms with Gasteiger partial charge in [0.05, 0.1) is 13.8 Å². The Morgan fingerprint density at radius 3 is 2.75 bits per heavy atom.